The van der Waals surface area contributed by atoms with Crippen molar-refractivity contribution in [2.24, 2.45) is 0 Å². The minimum atomic E-state index is -0.472. The molecule has 18 heavy (non-hydrogen) atoms. The molecule has 0 aliphatic carbocycles. The Hall–Kier alpha value is -0.160. The van der Waals surface area contributed by atoms with Crippen LogP contribution in [-0.2, 0) is 12.8 Å². The van der Waals surface area contributed by atoms with Gasteiger partial charge in [0.1, 0.15) is 0 Å². The normalized spacial score (nSPS) is 12.7. The third kappa shape index (κ3) is 3.44. The van der Waals surface area contributed by atoms with Crippen LogP contribution in [0.25, 0.3) is 0 Å². The zero-order chi connectivity index (χ0) is 13.1. The molecule has 0 aliphatic heterocycles. The van der Waals surface area contributed by atoms with Gasteiger partial charge in [-0.1, -0.05) is 38.8 Å². The third-order valence-electron chi connectivity index (χ3n) is 2.78. The Morgan fingerprint density at radius 1 is 1.17 bits per heavy atom. The fourth-order valence-corrected chi connectivity index (χ4v) is 3.68. The van der Waals surface area contributed by atoms with Crippen LogP contribution in [-0.4, -0.2) is 5.11 Å². The van der Waals surface area contributed by atoms with Crippen molar-refractivity contribution >= 4 is 43.2 Å². The maximum atomic E-state index is 10.3. The van der Waals surface area contributed by atoms with Crippen molar-refractivity contribution in [2.45, 2.75) is 25.9 Å². The van der Waals surface area contributed by atoms with Crippen LogP contribution >= 0.6 is 43.2 Å². The zero-order valence-corrected chi connectivity index (χ0v) is 14.0. The lowest BCUT2D eigenvalue weighted by Crippen LogP contribution is -2.01. The zero-order valence-electron chi connectivity index (χ0n) is 9.99. The summed E-state index contributed by atoms with van der Waals surface area (Å²) in [7, 11) is 0. The number of aliphatic hydroxyl groups excluding tert-OH is 1. The minimum absolute atomic E-state index is 0.472. The largest absolute Gasteiger partial charge is 0.388 e. The molecule has 0 amide bonds. The molecule has 0 saturated heterocycles. The van der Waals surface area contributed by atoms with Crippen molar-refractivity contribution < 1.29 is 5.11 Å². The molecular weight excluding hydrogens is 376 g/mol. The van der Waals surface area contributed by atoms with Crippen LogP contribution in [0, 0.1) is 0 Å². The summed E-state index contributed by atoms with van der Waals surface area (Å²) < 4.78 is 1.94. The molecule has 0 aliphatic rings. The van der Waals surface area contributed by atoms with Crippen molar-refractivity contribution in [1.29, 1.82) is 0 Å². The van der Waals surface area contributed by atoms with E-state index in [0.717, 1.165) is 20.9 Å². The number of aryl methyl sites for hydroxylation is 1. The molecule has 1 atom stereocenters. The van der Waals surface area contributed by atoms with E-state index in [1.165, 1.54) is 9.75 Å². The van der Waals surface area contributed by atoms with Crippen LogP contribution in [0.4, 0.5) is 0 Å². The summed E-state index contributed by atoms with van der Waals surface area (Å²) in [6.07, 6.45) is 1.25. The number of rotatable bonds is 4. The van der Waals surface area contributed by atoms with Gasteiger partial charge >= 0.3 is 0 Å². The first-order valence-corrected chi connectivity index (χ1v) is 8.21. The predicted molar refractivity (Wildman–Crippen MR) is 84.2 cm³/mol. The summed E-state index contributed by atoms with van der Waals surface area (Å²) in [6, 6.07) is 10.1. The van der Waals surface area contributed by atoms with Gasteiger partial charge in [-0.05, 0) is 42.3 Å². The second kappa shape index (κ2) is 6.33. The van der Waals surface area contributed by atoms with E-state index in [0.29, 0.717) is 6.42 Å². The molecule has 1 aromatic carbocycles. The Morgan fingerprint density at radius 3 is 2.56 bits per heavy atom. The van der Waals surface area contributed by atoms with Gasteiger partial charge in [0, 0.05) is 25.1 Å². The molecule has 0 radical (unpaired) electrons. The van der Waals surface area contributed by atoms with E-state index in [1.807, 2.05) is 18.2 Å². The van der Waals surface area contributed by atoms with Crippen LogP contribution in [0.5, 0.6) is 0 Å². The molecule has 0 saturated carbocycles. The highest BCUT2D eigenvalue weighted by atomic mass is 79.9. The molecule has 1 heterocycles. The quantitative estimate of drug-likeness (QED) is 0.769. The molecule has 96 valence electrons. The molecule has 0 bridgehead atoms. The number of aliphatic hydroxyl groups is 1. The molecule has 2 rings (SSSR count). The Labute approximate surface area is 128 Å². The summed E-state index contributed by atoms with van der Waals surface area (Å²) in [6.45, 7) is 2.15. The molecule has 1 unspecified atom stereocenters. The van der Waals surface area contributed by atoms with E-state index < -0.39 is 6.10 Å². The second-order valence-electron chi connectivity index (χ2n) is 4.11. The molecule has 0 spiro atoms. The first-order valence-electron chi connectivity index (χ1n) is 5.80. The molecular formula is C14H14Br2OS. The van der Waals surface area contributed by atoms with Gasteiger partial charge in [-0.3, -0.25) is 0 Å². The molecule has 4 heteroatoms. The highest BCUT2D eigenvalue weighted by Crippen LogP contribution is 2.30. The van der Waals surface area contributed by atoms with Crippen LogP contribution in [0.1, 0.15) is 28.3 Å². The Kier molecular flexibility index (Phi) is 5.01. The van der Waals surface area contributed by atoms with Crippen molar-refractivity contribution in [2.75, 3.05) is 0 Å². The predicted octanol–water partition coefficient (Wildman–Crippen LogP) is 5.11. The second-order valence-corrected chi connectivity index (χ2v) is 7.13. The monoisotopic (exact) mass is 388 g/mol. The van der Waals surface area contributed by atoms with Crippen LogP contribution in [0.15, 0.2) is 39.3 Å². The van der Waals surface area contributed by atoms with Gasteiger partial charge in [0.25, 0.3) is 0 Å². The molecule has 1 aromatic heterocycles. The van der Waals surface area contributed by atoms with Gasteiger partial charge in [-0.15, -0.1) is 11.3 Å². The van der Waals surface area contributed by atoms with E-state index >= 15 is 0 Å². The van der Waals surface area contributed by atoms with E-state index in [2.05, 4.69) is 50.9 Å². The number of hydrogen-bond acceptors (Lipinski definition) is 2. The lowest BCUT2D eigenvalue weighted by atomic mass is 10.1. The fourth-order valence-electron chi connectivity index (χ4n) is 1.79. The average molecular weight is 390 g/mol. The fraction of sp³-hybridized carbons (Fsp3) is 0.286. The smallest absolute Gasteiger partial charge is 0.0849 e. The Balaban J connectivity index is 2.16. The first-order chi connectivity index (χ1) is 8.60. The van der Waals surface area contributed by atoms with Crippen LogP contribution < -0.4 is 0 Å². The standard InChI is InChI=1S/C14H14Br2OS/c1-2-10-4-5-11(18-10)8-14(17)12-7-9(15)3-6-13(12)16/h3-7,14,17H,2,8H2,1H3. The van der Waals surface area contributed by atoms with Crippen molar-refractivity contribution in [3.63, 3.8) is 0 Å². The van der Waals surface area contributed by atoms with Gasteiger partial charge in [-0.2, -0.15) is 0 Å². The van der Waals surface area contributed by atoms with E-state index in [1.54, 1.807) is 11.3 Å². The van der Waals surface area contributed by atoms with Crippen molar-refractivity contribution in [1.82, 2.24) is 0 Å². The van der Waals surface area contributed by atoms with Gasteiger partial charge in [-0.25, -0.2) is 0 Å². The van der Waals surface area contributed by atoms with E-state index in [-0.39, 0.29) is 0 Å². The summed E-state index contributed by atoms with van der Waals surface area (Å²) >= 11 is 8.70. The number of thiophene rings is 1. The third-order valence-corrected chi connectivity index (χ3v) is 5.24. The van der Waals surface area contributed by atoms with Crippen molar-refractivity contribution in [3.05, 3.63) is 54.6 Å². The minimum Gasteiger partial charge on any atom is -0.388 e. The van der Waals surface area contributed by atoms with E-state index in [4.69, 9.17) is 0 Å². The molecule has 2 aromatic rings. The highest BCUT2D eigenvalue weighted by molar-refractivity contribution is 9.11. The summed E-state index contributed by atoms with van der Waals surface area (Å²) in [5.74, 6) is 0. The van der Waals surface area contributed by atoms with Crippen LogP contribution in [0.2, 0.25) is 0 Å². The molecule has 1 N–H and O–H groups in total. The summed E-state index contributed by atoms with van der Waals surface area (Å²) in [4.78, 5) is 2.59. The lowest BCUT2D eigenvalue weighted by Gasteiger charge is -2.12. The molecule has 0 fully saturated rings. The Morgan fingerprint density at radius 2 is 1.89 bits per heavy atom. The van der Waals surface area contributed by atoms with Gasteiger partial charge < -0.3 is 5.11 Å². The maximum absolute atomic E-state index is 10.3. The average Bonchev–Trinajstić information content (AvgIpc) is 2.80. The van der Waals surface area contributed by atoms with E-state index in [9.17, 15) is 5.11 Å². The van der Waals surface area contributed by atoms with Crippen LogP contribution in [0.3, 0.4) is 0 Å². The van der Waals surface area contributed by atoms with Crippen molar-refractivity contribution in [3.8, 4) is 0 Å². The Bertz CT molecular complexity index is 536. The maximum Gasteiger partial charge on any atom is 0.0849 e. The van der Waals surface area contributed by atoms with Gasteiger partial charge in [0.15, 0.2) is 0 Å². The number of halogens is 2. The molecule has 1 nitrogen and oxygen atoms in total. The number of benzene rings is 1. The van der Waals surface area contributed by atoms with Gasteiger partial charge in [0.2, 0.25) is 0 Å². The highest BCUT2D eigenvalue weighted by Gasteiger charge is 2.13. The van der Waals surface area contributed by atoms with Gasteiger partial charge in [0.05, 0.1) is 6.10 Å². The lowest BCUT2D eigenvalue weighted by molar-refractivity contribution is 0.178. The summed E-state index contributed by atoms with van der Waals surface area (Å²) in [5.41, 5.74) is 0.927. The number of hydrogen-bond donors (Lipinski definition) is 1. The SMILES string of the molecule is CCc1ccc(CC(O)c2cc(Br)ccc2Br)s1. The topological polar surface area (TPSA) is 20.2 Å². The first kappa shape index (κ1) is 14.3. The summed E-state index contributed by atoms with van der Waals surface area (Å²) in [5, 5.41) is 10.3.